The third-order valence-electron chi connectivity index (χ3n) is 6.34. The Morgan fingerprint density at radius 2 is 1.74 bits per heavy atom. The Labute approximate surface area is 205 Å². The van der Waals surface area contributed by atoms with Gasteiger partial charge in [-0.05, 0) is 61.7 Å². The van der Waals surface area contributed by atoms with Gasteiger partial charge < -0.3 is 9.30 Å². The first-order chi connectivity index (χ1) is 16.7. The molecule has 7 nitrogen and oxygen atoms in total. The molecule has 1 aliphatic rings. The van der Waals surface area contributed by atoms with Crippen molar-refractivity contribution in [3.63, 3.8) is 0 Å². The average molecular weight is 493 g/mol. The number of sulfonamides is 1. The van der Waals surface area contributed by atoms with Gasteiger partial charge in [0, 0.05) is 36.6 Å². The van der Waals surface area contributed by atoms with Crippen LogP contribution in [0.3, 0.4) is 0 Å². The van der Waals surface area contributed by atoms with E-state index in [4.69, 9.17) is 4.74 Å². The Morgan fingerprint density at radius 3 is 2.43 bits per heavy atom. The fourth-order valence-corrected chi connectivity index (χ4v) is 5.79. The molecule has 0 amide bonds. The smallest absolute Gasteiger partial charge is 0.338 e. The minimum Gasteiger partial charge on any atom is -0.454 e. The first kappa shape index (κ1) is 24.6. The van der Waals surface area contributed by atoms with E-state index in [0.717, 1.165) is 22.5 Å². The molecule has 3 aromatic rings. The van der Waals surface area contributed by atoms with Gasteiger partial charge in [0.05, 0.1) is 10.5 Å². The average Bonchev–Trinajstić information content (AvgIpc) is 3.15. The lowest BCUT2D eigenvalue weighted by atomic mass is 10.0. The number of fused-ring (bicyclic) bond motifs is 1. The number of rotatable bonds is 8. The molecule has 2 heterocycles. The van der Waals surface area contributed by atoms with Gasteiger partial charge in [-0.25, -0.2) is 13.2 Å². The van der Waals surface area contributed by atoms with E-state index in [1.165, 1.54) is 28.6 Å². The van der Waals surface area contributed by atoms with E-state index in [-0.39, 0.29) is 16.2 Å². The van der Waals surface area contributed by atoms with E-state index in [1.807, 2.05) is 42.7 Å². The molecule has 0 N–H and O–H groups in total. The second-order valence-corrected chi connectivity index (χ2v) is 10.5. The van der Waals surface area contributed by atoms with Crippen LogP contribution in [0.25, 0.3) is 0 Å². The van der Waals surface area contributed by atoms with Crippen LogP contribution in [0.15, 0.2) is 72.1 Å². The van der Waals surface area contributed by atoms with Gasteiger partial charge in [-0.15, -0.1) is 6.58 Å². The highest BCUT2D eigenvalue weighted by atomic mass is 32.2. The predicted octanol–water partition coefficient (Wildman–Crippen LogP) is 4.08. The van der Waals surface area contributed by atoms with E-state index in [0.29, 0.717) is 31.6 Å². The summed E-state index contributed by atoms with van der Waals surface area (Å²) in [6, 6.07) is 15.2. The quantitative estimate of drug-likeness (QED) is 0.269. The summed E-state index contributed by atoms with van der Waals surface area (Å²) in [5.74, 6) is -0.986. The monoisotopic (exact) mass is 492 g/mol. The zero-order valence-corrected chi connectivity index (χ0v) is 20.7. The molecule has 4 rings (SSSR count). The van der Waals surface area contributed by atoms with Gasteiger partial charge in [-0.1, -0.05) is 30.3 Å². The van der Waals surface area contributed by atoms with Crippen molar-refractivity contribution in [2.24, 2.45) is 0 Å². The Kier molecular flexibility index (Phi) is 7.05. The van der Waals surface area contributed by atoms with Gasteiger partial charge in [0.1, 0.15) is 0 Å². The van der Waals surface area contributed by atoms with Crippen LogP contribution in [0.4, 0.5) is 0 Å². The van der Waals surface area contributed by atoms with Crippen molar-refractivity contribution < 1.29 is 22.7 Å². The number of hydrogen-bond donors (Lipinski definition) is 0. The first-order valence-corrected chi connectivity index (χ1v) is 12.8. The summed E-state index contributed by atoms with van der Waals surface area (Å²) in [6.45, 7) is 8.37. The van der Waals surface area contributed by atoms with Crippen molar-refractivity contribution in [2.45, 2.75) is 38.3 Å². The number of carbonyl (C=O) groups is 2. The highest BCUT2D eigenvalue weighted by Gasteiger charge is 2.28. The molecule has 0 spiro atoms. The second-order valence-electron chi connectivity index (χ2n) is 8.57. The largest absolute Gasteiger partial charge is 0.454 e. The van der Waals surface area contributed by atoms with Crippen molar-refractivity contribution in [1.82, 2.24) is 8.87 Å². The summed E-state index contributed by atoms with van der Waals surface area (Å²) < 4.78 is 34.9. The van der Waals surface area contributed by atoms with Crippen LogP contribution in [0, 0.1) is 13.8 Å². The number of nitrogens with zero attached hydrogens (tertiary/aromatic N) is 2. The molecule has 0 atom stereocenters. The number of aromatic nitrogens is 1. The molecule has 1 aromatic heterocycles. The molecule has 0 saturated heterocycles. The van der Waals surface area contributed by atoms with Crippen LogP contribution in [-0.4, -0.2) is 42.2 Å². The number of benzene rings is 2. The number of allylic oxidation sites excluding steroid dienone is 1. The van der Waals surface area contributed by atoms with E-state index < -0.39 is 22.6 Å². The zero-order valence-electron chi connectivity index (χ0n) is 19.9. The highest BCUT2D eigenvalue weighted by molar-refractivity contribution is 7.89. The number of ether oxygens (including phenoxy) is 1. The van der Waals surface area contributed by atoms with Gasteiger partial charge in [-0.3, -0.25) is 4.79 Å². The topological polar surface area (TPSA) is 85.7 Å². The van der Waals surface area contributed by atoms with Crippen LogP contribution in [-0.2, 0) is 34.3 Å². The molecule has 182 valence electrons. The minimum atomic E-state index is -3.70. The third-order valence-corrected chi connectivity index (χ3v) is 8.20. The van der Waals surface area contributed by atoms with Crippen molar-refractivity contribution in [2.75, 3.05) is 13.2 Å². The summed E-state index contributed by atoms with van der Waals surface area (Å²) in [7, 11) is -3.70. The lowest BCUT2D eigenvalue weighted by Gasteiger charge is -2.28. The molecule has 0 radical (unpaired) electrons. The second kappa shape index (κ2) is 10.0. The summed E-state index contributed by atoms with van der Waals surface area (Å²) in [4.78, 5) is 25.2. The first-order valence-electron chi connectivity index (χ1n) is 11.4. The predicted molar refractivity (Wildman–Crippen MR) is 133 cm³/mol. The van der Waals surface area contributed by atoms with Gasteiger partial charge >= 0.3 is 5.97 Å². The van der Waals surface area contributed by atoms with Gasteiger partial charge in [-0.2, -0.15) is 4.31 Å². The minimum absolute atomic E-state index is 0.110. The molecule has 35 heavy (non-hydrogen) atoms. The summed E-state index contributed by atoms with van der Waals surface area (Å²) in [5.41, 5.74) is 4.55. The van der Waals surface area contributed by atoms with Gasteiger partial charge in [0.25, 0.3) is 0 Å². The van der Waals surface area contributed by atoms with Crippen molar-refractivity contribution in [3.8, 4) is 0 Å². The number of aryl methyl sites for hydroxylation is 1. The highest BCUT2D eigenvalue weighted by Crippen LogP contribution is 2.25. The van der Waals surface area contributed by atoms with Crippen LogP contribution in [0.1, 0.15) is 43.2 Å². The lowest BCUT2D eigenvalue weighted by Crippen LogP contribution is -2.35. The Morgan fingerprint density at radius 1 is 1.06 bits per heavy atom. The maximum absolute atomic E-state index is 13.1. The Bertz CT molecular complexity index is 1390. The number of hydrogen-bond acceptors (Lipinski definition) is 5. The molecule has 0 aliphatic carbocycles. The molecule has 0 fully saturated rings. The number of carbonyl (C=O) groups excluding carboxylic acids is 2. The molecular weight excluding hydrogens is 464 g/mol. The molecule has 1 aliphatic heterocycles. The van der Waals surface area contributed by atoms with Crippen LogP contribution in [0.5, 0.6) is 0 Å². The molecular formula is C27H28N2O5S. The van der Waals surface area contributed by atoms with E-state index in [2.05, 4.69) is 6.58 Å². The SMILES string of the molecule is C=CCn1c(C)cc(C(=O)COC(=O)c2ccc(S(=O)(=O)N3CCc4ccccc4C3)cc2)c1C. The standard InChI is InChI=1S/C27H28N2O5S/c1-4-14-29-19(2)16-25(20(29)3)26(30)18-34-27(31)22-9-11-24(12-10-22)35(32,33)28-15-13-21-7-5-6-8-23(21)17-28/h4-12,16H,1,13-15,17-18H2,2-3H3. The van der Waals surface area contributed by atoms with Crippen molar-refractivity contribution >= 4 is 21.8 Å². The zero-order chi connectivity index (χ0) is 25.2. The molecule has 0 saturated carbocycles. The summed E-state index contributed by atoms with van der Waals surface area (Å²) in [6.07, 6.45) is 2.41. The Balaban J connectivity index is 1.41. The van der Waals surface area contributed by atoms with Crippen LogP contribution >= 0.6 is 0 Å². The molecule has 0 unspecified atom stereocenters. The van der Waals surface area contributed by atoms with E-state index in [1.54, 1.807) is 12.1 Å². The van der Waals surface area contributed by atoms with Crippen molar-refractivity contribution in [3.05, 3.63) is 101 Å². The van der Waals surface area contributed by atoms with E-state index >= 15 is 0 Å². The molecule has 0 bridgehead atoms. The van der Waals surface area contributed by atoms with E-state index in [9.17, 15) is 18.0 Å². The normalized spacial score (nSPS) is 13.8. The number of Topliss-reactive ketones (excluding diaryl/α,β-unsaturated/α-hetero) is 1. The lowest BCUT2D eigenvalue weighted by molar-refractivity contribution is 0.0474. The Hall–Kier alpha value is -3.49. The van der Waals surface area contributed by atoms with Crippen LogP contribution < -0.4 is 0 Å². The summed E-state index contributed by atoms with van der Waals surface area (Å²) >= 11 is 0. The van der Waals surface area contributed by atoms with Gasteiger partial charge in [0.2, 0.25) is 15.8 Å². The molecule has 8 heteroatoms. The summed E-state index contributed by atoms with van der Waals surface area (Å²) in [5, 5.41) is 0. The van der Waals surface area contributed by atoms with Gasteiger partial charge in [0.15, 0.2) is 6.61 Å². The number of esters is 1. The van der Waals surface area contributed by atoms with Crippen molar-refractivity contribution in [1.29, 1.82) is 0 Å². The maximum atomic E-state index is 13.1. The maximum Gasteiger partial charge on any atom is 0.338 e. The number of ketones is 1. The fraction of sp³-hybridized carbons (Fsp3) is 0.259. The third kappa shape index (κ3) is 4.99. The van der Waals surface area contributed by atoms with Crippen LogP contribution in [0.2, 0.25) is 0 Å². The fourth-order valence-electron chi connectivity index (χ4n) is 4.37. The molecule has 2 aromatic carbocycles.